The van der Waals surface area contributed by atoms with E-state index in [1.165, 1.54) is 0 Å². The topological polar surface area (TPSA) is 107 Å². The molecular weight excluding hydrogens is 655 g/mol. The predicted octanol–water partition coefficient (Wildman–Crippen LogP) is 4.66. The van der Waals surface area contributed by atoms with E-state index in [1.807, 2.05) is 19.9 Å². The molecule has 4 aliphatic rings. The quantitative estimate of drug-likeness (QED) is 0.246. The van der Waals surface area contributed by atoms with Gasteiger partial charge in [0.15, 0.2) is 18.0 Å². The molecule has 4 rings (SSSR count). The Kier molecular flexibility index (Phi) is 7.69. The maximum absolute atomic E-state index is 14.0. The molecule has 9 heteroatoms. The number of alkyl halides is 2. The SMILES string of the molecule is CCC(=O)OCC(=O)[C@]1(OC(=O)CC)[C@@H](C)C[C@H]2[C@@H]3[C@H](I)CC4=CC(=O)C=C[C@]4(C)[C@@]3(Br)[C@@H](O)C[C@@]21C. The lowest BCUT2D eigenvalue weighted by molar-refractivity contribution is -0.202. The summed E-state index contributed by atoms with van der Waals surface area (Å²) in [5.41, 5.74) is -2.01. The third-order valence-corrected chi connectivity index (χ3v) is 12.9. The molecule has 1 N–H and O–H groups in total. The molecule has 0 bridgehead atoms. The van der Waals surface area contributed by atoms with E-state index in [2.05, 4.69) is 45.4 Å². The molecule has 0 unspecified atom stereocenters. The molecule has 0 heterocycles. The highest BCUT2D eigenvalue weighted by Crippen LogP contribution is 2.73. The van der Waals surface area contributed by atoms with Crippen LogP contribution in [0.15, 0.2) is 23.8 Å². The molecular formula is C28H36BrIO7. The second-order valence-electron chi connectivity index (χ2n) is 11.5. The number of ether oxygens (including phenoxy) is 2. The predicted molar refractivity (Wildman–Crippen MR) is 149 cm³/mol. The summed E-state index contributed by atoms with van der Waals surface area (Å²) in [7, 11) is 0. The Hall–Kier alpha value is -1.07. The van der Waals surface area contributed by atoms with E-state index in [9.17, 15) is 24.3 Å². The van der Waals surface area contributed by atoms with Crippen LogP contribution in [0.2, 0.25) is 0 Å². The van der Waals surface area contributed by atoms with Crippen molar-refractivity contribution in [3.63, 3.8) is 0 Å². The highest BCUT2D eigenvalue weighted by Gasteiger charge is 2.77. The lowest BCUT2D eigenvalue weighted by Gasteiger charge is -2.65. The minimum Gasteiger partial charge on any atom is -0.457 e. The number of fused-ring (bicyclic) bond motifs is 5. The van der Waals surface area contributed by atoms with Crippen LogP contribution >= 0.6 is 38.5 Å². The van der Waals surface area contributed by atoms with Gasteiger partial charge in [0.1, 0.15) is 0 Å². The highest BCUT2D eigenvalue weighted by atomic mass is 127. The number of halogens is 2. The van der Waals surface area contributed by atoms with Crippen LogP contribution in [0.5, 0.6) is 0 Å². The highest BCUT2D eigenvalue weighted by molar-refractivity contribution is 14.1. The van der Waals surface area contributed by atoms with Gasteiger partial charge in [-0.25, -0.2) is 0 Å². The minimum absolute atomic E-state index is 0.0482. The Morgan fingerprint density at radius 3 is 2.46 bits per heavy atom. The average molecular weight is 691 g/mol. The first-order valence-electron chi connectivity index (χ1n) is 13.1. The van der Waals surface area contributed by atoms with Crippen molar-refractivity contribution < 1.29 is 33.8 Å². The molecule has 0 aromatic heterocycles. The number of aliphatic hydroxyl groups excluding tert-OH is 1. The monoisotopic (exact) mass is 690 g/mol. The molecule has 0 saturated heterocycles. The number of carbonyl (C=O) groups excluding carboxylic acids is 4. The van der Waals surface area contributed by atoms with Gasteiger partial charge in [-0.05, 0) is 43.3 Å². The maximum Gasteiger partial charge on any atom is 0.306 e. The summed E-state index contributed by atoms with van der Waals surface area (Å²) in [5.74, 6) is -1.97. The summed E-state index contributed by atoms with van der Waals surface area (Å²) < 4.78 is 10.7. The van der Waals surface area contributed by atoms with Crippen LogP contribution in [0.3, 0.4) is 0 Å². The van der Waals surface area contributed by atoms with Crippen LogP contribution < -0.4 is 0 Å². The summed E-state index contributed by atoms with van der Waals surface area (Å²) in [6.45, 7) is 8.81. The standard InChI is InChI=1S/C28H36BrIO7/c1-6-22(34)36-14-21(33)28(37-23(35)7-2)15(3)10-18-24-19(30)12-16-11-17(31)8-9-25(16,4)27(24,29)20(32)13-26(18,28)5/h8-9,11,15,18-20,24,32H,6-7,10,12-14H2,1-5H3/t15-,18-,19+,20-,24+,25-,26-,27+,28+/m0/s1. The Morgan fingerprint density at radius 2 is 1.84 bits per heavy atom. The Labute approximate surface area is 240 Å². The number of aliphatic hydroxyl groups is 1. The number of allylic oxidation sites excluding steroid dienone is 4. The summed E-state index contributed by atoms with van der Waals surface area (Å²) in [6.07, 6.45) is 6.03. The number of hydrogen-bond acceptors (Lipinski definition) is 7. The van der Waals surface area contributed by atoms with E-state index >= 15 is 0 Å². The van der Waals surface area contributed by atoms with Gasteiger partial charge in [-0.2, -0.15) is 0 Å². The molecule has 204 valence electrons. The fourth-order valence-corrected chi connectivity index (χ4v) is 11.2. The molecule has 0 amide bonds. The van der Waals surface area contributed by atoms with Crippen LogP contribution in [-0.2, 0) is 28.7 Å². The van der Waals surface area contributed by atoms with Crippen LogP contribution in [0.4, 0.5) is 0 Å². The zero-order valence-electron chi connectivity index (χ0n) is 22.0. The lowest BCUT2D eigenvalue weighted by atomic mass is 9.46. The molecule has 7 nitrogen and oxygen atoms in total. The molecule has 0 spiro atoms. The first kappa shape index (κ1) is 28.9. The van der Waals surface area contributed by atoms with Gasteiger partial charge in [0.2, 0.25) is 5.78 Å². The van der Waals surface area contributed by atoms with Crippen molar-refractivity contribution >= 4 is 62.0 Å². The number of esters is 2. The van der Waals surface area contributed by atoms with E-state index in [4.69, 9.17) is 9.47 Å². The van der Waals surface area contributed by atoms with E-state index in [1.54, 1.807) is 26.0 Å². The van der Waals surface area contributed by atoms with Crippen LogP contribution in [0.25, 0.3) is 0 Å². The van der Waals surface area contributed by atoms with Gasteiger partial charge in [-0.15, -0.1) is 0 Å². The molecule has 3 saturated carbocycles. The largest absolute Gasteiger partial charge is 0.457 e. The molecule has 3 fully saturated rings. The van der Waals surface area contributed by atoms with Crippen molar-refractivity contribution in [1.82, 2.24) is 0 Å². The van der Waals surface area contributed by atoms with E-state index in [-0.39, 0.29) is 46.7 Å². The van der Waals surface area contributed by atoms with Gasteiger partial charge < -0.3 is 14.6 Å². The fraction of sp³-hybridized carbons (Fsp3) is 0.714. The molecule has 0 aromatic carbocycles. The van der Waals surface area contributed by atoms with Crippen molar-refractivity contribution in [3.05, 3.63) is 23.8 Å². The van der Waals surface area contributed by atoms with E-state index < -0.39 is 51.2 Å². The normalized spacial score (nSPS) is 44.3. The number of Topliss-reactive ketones (excluding diaryl/α,β-unsaturated/α-hetero) is 1. The van der Waals surface area contributed by atoms with Crippen molar-refractivity contribution in [1.29, 1.82) is 0 Å². The van der Waals surface area contributed by atoms with Crippen molar-refractivity contribution in [2.24, 2.45) is 28.6 Å². The number of carbonyl (C=O) groups is 4. The summed E-state index contributed by atoms with van der Waals surface area (Å²) in [5, 5.41) is 12.0. The third kappa shape index (κ3) is 3.95. The third-order valence-electron chi connectivity index (χ3n) is 9.78. The van der Waals surface area contributed by atoms with Crippen LogP contribution in [0.1, 0.15) is 66.7 Å². The molecule has 37 heavy (non-hydrogen) atoms. The Bertz CT molecular complexity index is 1090. The second kappa shape index (κ2) is 9.84. The maximum atomic E-state index is 14.0. The Balaban J connectivity index is 1.84. The van der Waals surface area contributed by atoms with Crippen molar-refractivity contribution in [2.45, 2.75) is 86.7 Å². The van der Waals surface area contributed by atoms with Gasteiger partial charge in [-0.3, -0.25) is 19.2 Å². The molecule has 0 aromatic rings. The number of hydrogen-bond donors (Lipinski definition) is 1. The zero-order valence-corrected chi connectivity index (χ0v) is 25.8. The van der Waals surface area contributed by atoms with Gasteiger partial charge in [0.05, 0.1) is 10.4 Å². The molecule has 9 atom stereocenters. The Morgan fingerprint density at radius 1 is 1.19 bits per heavy atom. The lowest BCUT2D eigenvalue weighted by Crippen LogP contribution is -2.71. The van der Waals surface area contributed by atoms with Gasteiger partial charge >= 0.3 is 11.9 Å². The van der Waals surface area contributed by atoms with E-state index in [0.29, 0.717) is 12.8 Å². The zero-order chi connectivity index (χ0) is 27.6. The molecule has 0 aliphatic heterocycles. The molecule has 4 aliphatic carbocycles. The van der Waals surface area contributed by atoms with Crippen molar-refractivity contribution in [3.8, 4) is 0 Å². The average Bonchev–Trinajstić information content (AvgIpc) is 3.05. The van der Waals surface area contributed by atoms with Crippen LogP contribution in [0, 0.1) is 28.6 Å². The van der Waals surface area contributed by atoms with Crippen LogP contribution in [-0.4, -0.2) is 55.2 Å². The first-order chi connectivity index (χ1) is 17.2. The number of ketones is 2. The van der Waals surface area contributed by atoms with Gasteiger partial charge in [0.25, 0.3) is 0 Å². The second-order valence-corrected chi connectivity index (χ2v) is 14.4. The first-order valence-corrected chi connectivity index (χ1v) is 15.1. The smallest absolute Gasteiger partial charge is 0.306 e. The summed E-state index contributed by atoms with van der Waals surface area (Å²) in [6, 6.07) is 0. The fourth-order valence-electron chi connectivity index (χ4n) is 7.95. The van der Waals surface area contributed by atoms with Gasteiger partial charge in [-0.1, -0.05) is 84.8 Å². The van der Waals surface area contributed by atoms with E-state index in [0.717, 1.165) is 5.57 Å². The summed E-state index contributed by atoms with van der Waals surface area (Å²) in [4.78, 5) is 50.9. The number of rotatable bonds is 6. The summed E-state index contributed by atoms with van der Waals surface area (Å²) >= 11 is 6.47. The minimum atomic E-state index is -1.53. The molecule has 0 radical (unpaired) electrons. The van der Waals surface area contributed by atoms with Crippen molar-refractivity contribution in [2.75, 3.05) is 6.61 Å². The van der Waals surface area contributed by atoms with Gasteiger partial charge in [0, 0.05) is 33.5 Å².